The van der Waals surface area contributed by atoms with E-state index < -0.39 is 15.8 Å². The van der Waals surface area contributed by atoms with E-state index in [1.165, 1.54) is 18.4 Å². The van der Waals surface area contributed by atoms with Gasteiger partial charge in [0.15, 0.2) is 0 Å². The third-order valence-corrected chi connectivity index (χ3v) is 3.84. The zero-order chi connectivity index (χ0) is 13.0. The first-order valence-corrected chi connectivity index (χ1v) is 6.84. The van der Waals surface area contributed by atoms with E-state index in [0.717, 1.165) is 12.1 Å². The summed E-state index contributed by atoms with van der Waals surface area (Å²) in [4.78, 5) is 0.0448. The van der Waals surface area contributed by atoms with E-state index in [1.54, 1.807) is 12.1 Å². The Kier molecular flexibility index (Phi) is 3.78. The Bertz CT molecular complexity index is 591. The average Bonchev–Trinajstić information content (AvgIpc) is 2.82. The van der Waals surface area contributed by atoms with Gasteiger partial charge in [-0.2, -0.15) is 0 Å². The predicted molar refractivity (Wildman–Crippen MR) is 64.0 cm³/mol. The molecule has 6 heteroatoms. The minimum atomic E-state index is -3.59. The van der Waals surface area contributed by atoms with Crippen LogP contribution in [0.15, 0.2) is 52.0 Å². The number of nitrogens with one attached hydrogen (secondary N) is 1. The lowest BCUT2D eigenvalue weighted by atomic mass is 10.3. The van der Waals surface area contributed by atoms with Gasteiger partial charge in [0.2, 0.25) is 10.0 Å². The molecule has 0 saturated heterocycles. The Labute approximate surface area is 104 Å². The molecular formula is C12H12FNO3S. The van der Waals surface area contributed by atoms with Crippen LogP contribution in [0.5, 0.6) is 0 Å². The van der Waals surface area contributed by atoms with Crippen LogP contribution in [-0.2, 0) is 16.4 Å². The summed E-state index contributed by atoms with van der Waals surface area (Å²) in [5, 5.41) is 0. The van der Waals surface area contributed by atoms with Crippen LogP contribution in [0.4, 0.5) is 4.39 Å². The lowest BCUT2D eigenvalue weighted by molar-refractivity contribution is 0.506. The molecule has 1 aromatic heterocycles. The summed E-state index contributed by atoms with van der Waals surface area (Å²) >= 11 is 0. The Balaban J connectivity index is 1.97. The number of halogens is 1. The van der Waals surface area contributed by atoms with E-state index in [-0.39, 0.29) is 11.4 Å². The van der Waals surface area contributed by atoms with Gasteiger partial charge in [0.25, 0.3) is 0 Å². The van der Waals surface area contributed by atoms with Gasteiger partial charge in [-0.25, -0.2) is 17.5 Å². The summed E-state index contributed by atoms with van der Waals surface area (Å²) in [6, 6.07) is 8.19. The standard InChI is InChI=1S/C12H12FNO3S/c13-10-3-5-12(6-4-10)18(15,16)14-8-7-11-2-1-9-17-11/h1-6,9,14H,7-8H2. The average molecular weight is 269 g/mol. The maximum Gasteiger partial charge on any atom is 0.240 e. The zero-order valence-corrected chi connectivity index (χ0v) is 10.3. The van der Waals surface area contributed by atoms with Crippen molar-refractivity contribution in [1.82, 2.24) is 4.72 Å². The van der Waals surface area contributed by atoms with E-state index in [2.05, 4.69) is 4.72 Å². The van der Waals surface area contributed by atoms with Crippen LogP contribution in [0.25, 0.3) is 0 Å². The Morgan fingerprint density at radius 3 is 2.50 bits per heavy atom. The predicted octanol–water partition coefficient (Wildman–Crippen LogP) is 1.94. The van der Waals surface area contributed by atoms with Gasteiger partial charge in [-0.15, -0.1) is 0 Å². The Morgan fingerprint density at radius 2 is 1.89 bits per heavy atom. The molecule has 4 nitrogen and oxygen atoms in total. The van der Waals surface area contributed by atoms with Crippen molar-refractivity contribution in [3.8, 4) is 0 Å². The van der Waals surface area contributed by atoms with Gasteiger partial charge in [-0.05, 0) is 36.4 Å². The number of rotatable bonds is 5. The molecule has 1 heterocycles. The molecule has 0 saturated carbocycles. The molecule has 0 spiro atoms. The maximum absolute atomic E-state index is 12.7. The molecule has 0 aliphatic rings. The lowest BCUT2D eigenvalue weighted by Gasteiger charge is -2.05. The van der Waals surface area contributed by atoms with Gasteiger partial charge in [0.05, 0.1) is 11.2 Å². The molecule has 96 valence electrons. The van der Waals surface area contributed by atoms with Crippen LogP contribution in [0.3, 0.4) is 0 Å². The number of furan rings is 1. The van der Waals surface area contributed by atoms with Crippen LogP contribution in [-0.4, -0.2) is 15.0 Å². The molecule has 0 amide bonds. The second kappa shape index (κ2) is 5.32. The highest BCUT2D eigenvalue weighted by molar-refractivity contribution is 7.89. The van der Waals surface area contributed by atoms with Crippen LogP contribution in [0, 0.1) is 5.82 Å². The Morgan fingerprint density at radius 1 is 1.17 bits per heavy atom. The molecule has 18 heavy (non-hydrogen) atoms. The second-order valence-electron chi connectivity index (χ2n) is 3.68. The fourth-order valence-electron chi connectivity index (χ4n) is 1.46. The smallest absolute Gasteiger partial charge is 0.240 e. The molecule has 0 fully saturated rings. The van der Waals surface area contributed by atoms with E-state index in [1.807, 2.05) is 0 Å². The molecule has 0 unspecified atom stereocenters. The summed E-state index contributed by atoms with van der Waals surface area (Å²) in [6.07, 6.45) is 2.00. The van der Waals surface area contributed by atoms with Crippen molar-refractivity contribution in [2.75, 3.05) is 6.54 Å². The number of sulfonamides is 1. The highest BCUT2D eigenvalue weighted by Crippen LogP contribution is 2.09. The molecule has 1 N–H and O–H groups in total. The fourth-order valence-corrected chi connectivity index (χ4v) is 2.49. The molecule has 0 radical (unpaired) electrons. The lowest BCUT2D eigenvalue weighted by Crippen LogP contribution is -2.25. The van der Waals surface area contributed by atoms with Gasteiger partial charge >= 0.3 is 0 Å². The van der Waals surface area contributed by atoms with Crippen molar-refractivity contribution >= 4 is 10.0 Å². The number of hydrogen-bond donors (Lipinski definition) is 1. The molecule has 0 aliphatic heterocycles. The molecular weight excluding hydrogens is 257 g/mol. The maximum atomic E-state index is 12.7. The molecule has 2 aromatic rings. The largest absolute Gasteiger partial charge is 0.469 e. The fraction of sp³-hybridized carbons (Fsp3) is 0.167. The van der Waals surface area contributed by atoms with Crippen LogP contribution >= 0.6 is 0 Å². The zero-order valence-electron chi connectivity index (χ0n) is 9.47. The number of hydrogen-bond acceptors (Lipinski definition) is 3. The van der Waals surface area contributed by atoms with E-state index in [0.29, 0.717) is 12.2 Å². The van der Waals surface area contributed by atoms with E-state index in [4.69, 9.17) is 4.42 Å². The van der Waals surface area contributed by atoms with Crippen molar-refractivity contribution in [2.45, 2.75) is 11.3 Å². The highest BCUT2D eigenvalue weighted by Gasteiger charge is 2.13. The van der Waals surface area contributed by atoms with Crippen molar-refractivity contribution in [2.24, 2.45) is 0 Å². The first-order valence-electron chi connectivity index (χ1n) is 5.35. The normalized spacial score (nSPS) is 11.6. The third-order valence-electron chi connectivity index (χ3n) is 2.37. The SMILES string of the molecule is O=S(=O)(NCCc1ccco1)c1ccc(F)cc1. The molecule has 1 aromatic carbocycles. The molecule has 0 bridgehead atoms. The minimum absolute atomic E-state index is 0.0448. The van der Waals surface area contributed by atoms with Gasteiger partial charge in [0.1, 0.15) is 11.6 Å². The summed E-state index contributed by atoms with van der Waals surface area (Å²) in [7, 11) is -3.59. The van der Waals surface area contributed by atoms with Gasteiger partial charge in [0, 0.05) is 13.0 Å². The van der Waals surface area contributed by atoms with E-state index >= 15 is 0 Å². The van der Waals surface area contributed by atoms with Gasteiger partial charge < -0.3 is 4.42 Å². The van der Waals surface area contributed by atoms with Gasteiger partial charge in [-0.1, -0.05) is 0 Å². The second-order valence-corrected chi connectivity index (χ2v) is 5.45. The Hall–Kier alpha value is -1.66. The van der Waals surface area contributed by atoms with Crippen molar-refractivity contribution in [3.05, 3.63) is 54.2 Å². The summed E-state index contributed by atoms with van der Waals surface area (Å²) in [6.45, 7) is 0.229. The third kappa shape index (κ3) is 3.18. The molecule has 2 rings (SSSR count). The highest BCUT2D eigenvalue weighted by atomic mass is 32.2. The van der Waals surface area contributed by atoms with Crippen LogP contribution < -0.4 is 4.72 Å². The molecule has 0 aliphatic carbocycles. The first kappa shape index (κ1) is 12.8. The summed E-state index contributed by atoms with van der Waals surface area (Å²) in [5.41, 5.74) is 0. The minimum Gasteiger partial charge on any atom is -0.469 e. The molecule has 0 atom stereocenters. The summed E-state index contributed by atoms with van der Waals surface area (Å²) < 4.78 is 43.8. The van der Waals surface area contributed by atoms with Crippen LogP contribution in [0.1, 0.15) is 5.76 Å². The monoisotopic (exact) mass is 269 g/mol. The topological polar surface area (TPSA) is 59.3 Å². The van der Waals surface area contributed by atoms with Crippen molar-refractivity contribution in [1.29, 1.82) is 0 Å². The van der Waals surface area contributed by atoms with Crippen molar-refractivity contribution in [3.63, 3.8) is 0 Å². The van der Waals surface area contributed by atoms with Crippen molar-refractivity contribution < 1.29 is 17.2 Å². The first-order chi connectivity index (χ1) is 8.58. The summed E-state index contributed by atoms with van der Waals surface area (Å²) in [5.74, 6) is 0.237. The number of benzene rings is 1. The van der Waals surface area contributed by atoms with E-state index in [9.17, 15) is 12.8 Å². The van der Waals surface area contributed by atoms with Gasteiger partial charge in [-0.3, -0.25) is 0 Å². The van der Waals surface area contributed by atoms with Crippen LogP contribution in [0.2, 0.25) is 0 Å². The quantitative estimate of drug-likeness (QED) is 0.902.